The number of hydrogen-bond acceptors (Lipinski definition) is 5. The molecule has 0 aromatic heterocycles. The number of imide groups is 1. The van der Waals surface area contributed by atoms with E-state index in [2.05, 4.69) is 24.1 Å². The van der Waals surface area contributed by atoms with Crippen molar-refractivity contribution in [1.82, 2.24) is 4.90 Å². The van der Waals surface area contributed by atoms with Crippen molar-refractivity contribution in [1.29, 1.82) is 0 Å². The summed E-state index contributed by atoms with van der Waals surface area (Å²) in [4.78, 5) is 28.3. The van der Waals surface area contributed by atoms with Crippen molar-refractivity contribution in [2.45, 2.75) is 20.0 Å². The monoisotopic (exact) mass is 449 g/mol. The second kappa shape index (κ2) is 9.47. The van der Waals surface area contributed by atoms with E-state index in [1.165, 1.54) is 12.1 Å². The molecule has 2 amide bonds. The van der Waals surface area contributed by atoms with E-state index in [1.54, 1.807) is 6.08 Å². The van der Waals surface area contributed by atoms with E-state index in [9.17, 15) is 22.8 Å². The van der Waals surface area contributed by atoms with Gasteiger partial charge in [0.25, 0.3) is 11.1 Å². The predicted molar refractivity (Wildman–Crippen MR) is 118 cm³/mol. The minimum Gasteiger partial charge on any atom is -0.372 e. The van der Waals surface area contributed by atoms with Crippen LogP contribution in [0.15, 0.2) is 53.4 Å². The fraction of sp³-hybridized carbons (Fsp3) is 0.273. The van der Waals surface area contributed by atoms with Crippen LogP contribution in [0.3, 0.4) is 0 Å². The van der Waals surface area contributed by atoms with Crippen molar-refractivity contribution in [3.8, 4) is 0 Å². The van der Waals surface area contributed by atoms with Gasteiger partial charge in [-0.25, -0.2) is 0 Å². The molecule has 2 aromatic carbocycles. The smallest absolute Gasteiger partial charge is 0.372 e. The first-order valence-electron chi connectivity index (χ1n) is 9.74. The third-order valence-corrected chi connectivity index (χ3v) is 5.73. The lowest BCUT2D eigenvalue weighted by molar-refractivity contribution is -0.137. The Balaban J connectivity index is 1.68. The summed E-state index contributed by atoms with van der Waals surface area (Å²) in [6.45, 7) is 5.69. The summed E-state index contributed by atoms with van der Waals surface area (Å²) in [7, 11) is 0. The van der Waals surface area contributed by atoms with E-state index in [1.807, 2.05) is 24.3 Å². The molecule has 1 aliphatic rings. The summed E-state index contributed by atoms with van der Waals surface area (Å²) in [6.07, 6.45) is -2.83. The van der Waals surface area contributed by atoms with E-state index in [0.717, 1.165) is 53.1 Å². The molecule has 1 fully saturated rings. The highest BCUT2D eigenvalue weighted by Crippen LogP contribution is 2.33. The average Bonchev–Trinajstić information content (AvgIpc) is 3.00. The predicted octanol–water partition coefficient (Wildman–Crippen LogP) is 5.66. The number of nitrogens with one attached hydrogen (secondary N) is 1. The number of benzene rings is 2. The lowest BCUT2D eigenvalue weighted by Crippen LogP contribution is -2.33. The van der Waals surface area contributed by atoms with E-state index >= 15 is 0 Å². The van der Waals surface area contributed by atoms with Gasteiger partial charge in [0.2, 0.25) is 0 Å². The van der Waals surface area contributed by atoms with Gasteiger partial charge in [0, 0.05) is 24.5 Å². The zero-order valence-corrected chi connectivity index (χ0v) is 17.9. The first-order valence-corrected chi connectivity index (χ1v) is 10.6. The lowest BCUT2D eigenvalue weighted by Gasteiger charge is -2.20. The Morgan fingerprint density at radius 1 is 1.06 bits per heavy atom. The molecule has 0 unspecified atom stereocenters. The van der Waals surface area contributed by atoms with Gasteiger partial charge in [-0.1, -0.05) is 18.2 Å². The maximum Gasteiger partial charge on any atom is 0.416 e. The lowest BCUT2D eigenvalue weighted by atomic mass is 10.1. The molecule has 1 heterocycles. The Kier molecular flexibility index (Phi) is 6.94. The number of thioether (sulfide) groups is 1. The highest BCUT2D eigenvalue weighted by atomic mass is 32.2. The normalized spacial score (nSPS) is 15.6. The summed E-state index contributed by atoms with van der Waals surface area (Å²) in [5.41, 5.74) is 1.22. The van der Waals surface area contributed by atoms with Crippen molar-refractivity contribution < 1.29 is 22.8 Å². The van der Waals surface area contributed by atoms with Crippen LogP contribution in [0, 0.1) is 0 Å². The number of rotatable bonds is 7. The second-order valence-electron chi connectivity index (χ2n) is 6.79. The van der Waals surface area contributed by atoms with Crippen LogP contribution in [0.25, 0.3) is 6.08 Å². The molecule has 5 nitrogen and oxygen atoms in total. The fourth-order valence-corrected chi connectivity index (χ4v) is 3.97. The SMILES string of the molecule is CCN(CC)c1ccc(C=C2SC(=O)N(CNc3cccc(C(F)(F)F)c3)C2=O)cc1. The van der Waals surface area contributed by atoms with Gasteiger partial charge in [-0.15, -0.1) is 0 Å². The fourth-order valence-electron chi connectivity index (χ4n) is 3.13. The molecule has 0 bridgehead atoms. The minimum atomic E-state index is -4.47. The van der Waals surface area contributed by atoms with Gasteiger partial charge in [0.1, 0.15) is 0 Å². The summed E-state index contributed by atoms with van der Waals surface area (Å²) in [5.74, 6) is -0.484. The van der Waals surface area contributed by atoms with Crippen molar-refractivity contribution in [2.75, 3.05) is 30.0 Å². The van der Waals surface area contributed by atoms with E-state index in [0.29, 0.717) is 0 Å². The van der Waals surface area contributed by atoms with Gasteiger partial charge < -0.3 is 10.2 Å². The van der Waals surface area contributed by atoms with Crippen LogP contribution in [-0.4, -0.2) is 35.8 Å². The molecule has 0 spiro atoms. The van der Waals surface area contributed by atoms with Gasteiger partial charge in [0.15, 0.2) is 0 Å². The molecule has 164 valence electrons. The molecule has 2 aromatic rings. The number of alkyl halides is 3. The van der Waals surface area contributed by atoms with Crippen LogP contribution in [0.4, 0.5) is 29.3 Å². The molecular weight excluding hydrogens is 427 g/mol. The molecule has 3 rings (SSSR count). The topological polar surface area (TPSA) is 52.7 Å². The Bertz CT molecular complexity index is 986. The molecule has 0 atom stereocenters. The summed E-state index contributed by atoms with van der Waals surface area (Å²) < 4.78 is 38.5. The molecule has 0 aliphatic carbocycles. The quantitative estimate of drug-likeness (QED) is 0.553. The van der Waals surface area contributed by atoms with Crippen molar-refractivity contribution in [3.05, 3.63) is 64.6 Å². The number of amides is 2. The highest BCUT2D eigenvalue weighted by molar-refractivity contribution is 8.18. The third kappa shape index (κ3) is 5.41. The Hall–Kier alpha value is -2.94. The zero-order chi connectivity index (χ0) is 22.6. The van der Waals surface area contributed by atoms with Crippen LogP contribution in [0.5, 0.6) is 0 Å². The number of hydrogen-bond donors (Lipinski definition) is 1. The molecule has 1 aliphatic heterocycles. The molecule has 31 heavy (non-hydrogen) atoms. The van der Waals surface area contributed by atoms with Gasteiger partial charge in [-0.3, -0.25) is 14.5 Å². The van der Waals surface area contributed by atoms with Crippen LogP contribution in [0.1, 0.15) is 25.0 Å². The molecule has 1 N–H and O–H groups in total. The summed E-state index contributed by atoms with van der Waals surface area (Å²) in [6, 6.07) is 12.3. The number of nitrogens with zero attached hydrogens (tertiary/aromatic N) is 2. The number of carbonyl (C=O) groups excluding carboxylic acids is 2. The summed E-state index contributed by atoms with van der Waals surface area (Å²) in [5, 5.41) is 2.24. The minimum absolute atomic E-state index is 0.171. The van der Waals surface area contributed by atoms with Gasteiger partial charge in [-0.2, -0.15) is 13.2 Å². The Morgan fingerprint density at radius 2 is 1.74 bits per heavy atom. The van der Waals surface area contributed by atoms with Gasteiger partial charge >= 0.3 is 6.18 Å². The van der Waals surface area contributed by atoms with Crippen LogP contribution in [-0.2, 0) is 11.0 Å². The maximum atomic E-state index is 12.8. The first kappa shape index (κ1) is 22.7. The van der Waals surface area contributed by atoms with Gasteiger partial charge in [0.05, 0.1) is 17.1 Å². The number of carbonyl (C=O) groups is 2. The van der Waals surface area contributed by atoms with Crippen LogP contribution >= 0.6 is 11.8 Å². The molecular formula is C22H22F3N3O2S. The second-order valence-corrected chi connectivity index (χ2v) is 7.78. The Labute approximate surface area is 182 Å². The van der Waals surface area contributed by atoms with Crippen molar-refractivity contribution in [2.24, 2.45) is 0 Å². The number of anilines is 2. The Morgan fingerprint density at radius 3 is 2.35 bits per heavy atom. The highest BCUT2D eigenvalue weighted by Gasteiger charge is 2.35. The first-order chi connectivity index (χ1) is 14.7. The van der Waals surface area contributed by atoms with Crippen molar-refractivity contribution in [3.63, 3.8) is 0 Å². The van der Waals surface area contributed by atoms with E-state index < -0.39 is 22.9 Å². The molecule has 0 radical (unpaired) electrons. The standard InChI is InChI=1S/C22H22F3N3O2S/c1-3-27(4-2)18-10-8-15(9-11-18)12-19-20(29)28(21(30)31-19)14-26-17-7-5-6-16(13-17)22(23,24)25/h5-13,26H,3-4,14H2,1-2H3. The van der Waals surface area contributed by atoms with Crippen LogP contribution < -0.4 is 10.2 Å². The van der Waals surface area contributed by atoms with Gasteiger partial charge in [-0.05, 0) is 67.6 Å². The average molecular weight is 449 g/mol. The maximum absolute atomic E-state index is 12.8. The van der Waals surface area contributed by atoms with E-state index in [4.69, 9.17) is 0 Å². The summed E-state index contributed by atoms with van der Waals surface area (Å²) >= 11 is 0.807. The van der Waals surface area contributed by atoms with Crippen LogP contribution in [0.2, 0.25) is 0 Å². The molecule has 9 heteroatoms. The largest absolute Gasteiger partial charge is 0.416 e. The zero-order valence-electron chi connectivity index (χ0n) is 17.1. The van der Waals surface area contributed by atoms with E-state index in [-0.39, 0.29) is 17.3 Å². The van der Waals surface area contributed by atoms with Crippen molar-refractivity contribution >= 4 is 40.4 Å². The number of halogens is 3. The molecule has 0 saturated carbocycles. The third-order valence-electron chi connectivity index (χ3n) is 4.82. The molecule has 1 saturated heterocycles.